The first-order chi connectivity index (χ1) is 12.8. The fraction of sp³-hybridized carbons (Fsp3) is 0. The van der Waals surface area contributed by atoms with Gasteiger partial charge in [-0.3, -0.25) is 0 Å². The fourth-order valence-corrected chi connectivity index (χ4v) is 3.89. The number of benzene rings is 2. The molecule has 3 aromatic rings. The van der Waals surface area contributed by atoms with Gasteiger partial charge in [0.2, 0.25) is 10.0 Å². The number of carbonyl (C=O) groups excluding carboxylic acids is 1. The Morgan fingerprint density at radius 3 is 2.44 bits per heavy atom. The molecule has 10 heteroatoms. The van der Waals surface area contributed by atoms with Gasteiger partial charge in [0, 0.05) is 5.56 Å². The van der Waals surface area contributed by atoms with Gasteiger partial charge in [0.15, 0.2) is 0 Å². The molecule has 0 saturated carbocycles. The van der Waals surface area contributed by atoms with Crippen molar-refractivity contribution in [3.63, 3.8) is 0 Å². The largest absolute Gasteiger partial charge is 0.323 e. The summed E-state index contributed by atoms with van der Waals surface area (Å²) in [6.07, 6.45) is 0. The number of nitrogens with one attached hydrogen (secondary N) is 2. The average Bonchev–Trinajstić information content (AvgIpc) is 3.12. The second-order valence-corrected chi connectivity index (χ2v) is 8.57. The van der Waals surface area contributed by atoms with E-state index in [1.807, 2.05) is 16.8 Å². The molecule has 0 aliphatic heterocycles. The number of halogens is 2. The SMILES string of the molecule is NS(=O)(=O)c1ccc(-c2ccsc2)c(NC(=O)Nc2cccc(Cl)c2Cl)c1. The van der Waals surface area contributed by atoms with Gasteiger partial charge in [0.25, 0.3) is 0 Å². The second-order valence-electron chi connectivity index (χ2n) is 5.44. The standard InChI is InChI=1S/C17H13Cl2N3O3S2/c18-13-2-1-3-14(16(13)19)21-17(23)22-15-8-11(27(20,24)25)4-5-12(15)10-6-7-26-9-10/h1-9H,(H2,20,24,25)(H2,21,22,23). The Morgan fingerprint density at radius 2 is 1.78 bits per heavy atom. The Morgan fingerprint density at radius 1 is 1.04 bits per heavy atom. The molecule has 2 aromatic carbocycles. The van der Waals surface area contributed by atoms with Crippen LogP contribution in [-0.2, 0) is 10.0 Å². The molecule has 3 rings (SSSR count). The number of hydrogen-bond donors (Lipinski definition) is 3. The third kappa shape index (κ3) is 4.60. The maximum absolute atomic E-state index is 12.4. The maximum Gasteiger partial charge on any atom is 0.323 e. The van der Waals surface area contributed by atoms with E-state index in [4.69, 9.17) is 28.3 Å². The summed E-state index contributed by atoms with van der Waals surface area (Å²) in [5.74, 6) is 0. The Kier molecular flexibility index (Phi) is 5.73. The van der Waals surface area contributed by atoms with E-state index >= 15 is 0 Å². The van der Waals surface area contributed by atoms with E-state index < -0.39 is 16.1 Å². The summed E-state index contributed by atoms with van der Waals surface area (Å²) in [6, 6.07) is 10.4. The highest BCUT2D eigenvalue weighted by Crippen LogP contribution is 2.33. The van der Waals surface area contributed by atoms with Gasteiger partial charge < -0.3 is 10.6 Å². The first-order valence-electron chi connectivity index (χ1n) is 7.47. The van der Waals surface area contributed by atoms with Crippen LogP contribution in [0.5, 0.6) is 0 Å². The lowest BCUT2D eigenvalue weighted by Crippen LogP contribution is -2.21. The Bertz CT molecular complexity index is 1100. The molecule has 0 radical (unpaired) electrons. The summed E-state index contributed by atoms with van der Waals surface area (Å²) in [5, 5.41) is 14.7. The zero-order chi connectivity index (χ0) is 19.6. The molecule has 0 spiro atoms. The Hall–Kier alpha value is -2.10. The molecule has 2 amide bonds. The van der Waals surface area contributed by atoms with E-state index in [1.54, 1.807) is 24.3 Å². The first-order valence-corrected chi connectivity index (χ1v) is 10.7. The van der Waals surface area contributed by atoms with Gasteiger partial charge in [-0.2, -0.15) is 11.3 Å². The van der Waals surface area contributed by atoms with Crippen molar-refractivity contribution in [2.75, 3.05) is 10.6 Å². The minimum Gasteiger partial charge on any atom is -0.307 e. The molecule has 6 nitrogen and oxygen atoms in total. The molecular formula is C17H13Cl2N3O3S2. The molecule has 0 fully saturated rings. The number of hydrogen-bond acceptors (Lipinski definition) is 4. The Labute approximate surface area is 170 Å². The lowest BCUT2D eigenvalue weighted by atomic mass is 10.1. The fourth-order valence-electron chi connectivity index (χ4n) is 2.35. The number of primary sulfonamides is 1. The zero-order valence-corrected chi connectivity index (χ0v) is 16.7. The molecule has 0 bridgehead atoms. The van der Waals surface area contributed by atoms with Crippen molar-refractivity contribution in [3.8, 4) is 11.1 Å². The summed E-state index contributed by atoms with van der Waals surface area (Å²) in [4.78, 5) is 12.3. The topological polar surface area (TPSA) is 101 Å². The molecule has 0 aliphatic carbocycles. The number of sulfonamides is 1. The molecule has 27 heavy (non-hydrogen) atoms. The van der Waals surface area contributed by atoms with Crippen molar-refractivity contribution >= 4 is 62.0 Å². The van der Waals surface area contributed by atoms with E-state index in [0.717, 1.165) is 5.56 Å². The highest BCUT2D eigenvalue weighted by atomic mass is 35.5. The van der Waals surface area contributed by atoms with Crippen molar-refractivity contribution in [2.24, 2.45) is 5.14 Å². The average molecular weight is 442 g/mol. The number of carbonyl (C=O) groups is 1. The van der Waals surface area contributed by atoms with Crippen LogP contribution < -0.4 is 15.8 Å². The summed E-state index contributed by atoms with van der Waals surface area (Å²) in [5.41, 5.74) is 2.09. The summed E-state index contributed by atoms with van der Waals surface area (Å²) in [7, 11) is -3.93. The van der Waals surface area contributed by atoms with Crippen LogP contribution in [0.3, 0.4) is 0 Å². The van der Waals surface area contributed by atoms with E-state index in [0.29, 0.717) is 16.3 Å². The molecule has 0 unspecified atom stereocenters. The zero-order valence-electron chi connectivity index (χ0n) is 13.6. The minimum absolute atomic E-state index is 0.113. The second kappa shape index (κ2) is 7.87. The number of nitrogens with two attached hydrogens (primary N) is 1. The van der Waals surface area contributed by atoms with Crippen molar-refractivity contribution < 1.29 is 13.2 Å². The number of urea groups is 1. The Balaban J connectivity index is 1.94. The molecule has 0 aliphatic rings. The molecule has 140 valence electrons. The van der Waals surface area contributed by atoms with Gasteiger partial charge in [0.1, 0.15) is 0 Å². The molecule has 1 heterocycles. The molecule has 1 aromatic heterocycles. The van der Waals surface area contributed by atoms with Crippen LogP contribution in [0.4, 0.5) is 16.2 Å². The van der Waals surface area contributed by atoms with Crippen molar-refractivity contribution in [1.82, 2.24) is 0 Å². The van der Waals surface area contributed by atoms with Crippen LogP contribution in [-0.4, -0.2) is 14.4 Å². The van der Waals surface area contributed by atoms with Crippen molar-refractivity contribution in [2.45, 2.75) is 4.90 Å². The number of thiophene rings is 1. The van der Waals surface area contributed by atoms with Crippen LogP contribution in [0.15, 0.2) is 58.1 Å². The van der Waals surface area contributed by atoms with E-state index in [-0.39, 0.29) is 15.6 Å². The number of rotatable bonds is 4. The van der Waals surface area contributed by atoms with E-state index in [9.17, 15) is 13.2 Å². The lowest BCUT2D eigenvalue weighted by Gasteiger charge is -2.14. The van der Waals surface area contributed by atoms with Crippen LogP contribution in [0, 0.1) is 0 Å². The summed E-state index contributed by atoms with van der Waals surface area (Å²) >= 11 is 13.5. The summed E-state index contributed by atoms with van der Waals surface area (Å²) < 4.78 is 23.3. The van der Waals surface area contributed by atoms with Crippen LogP contribution in [0.1, 0.15) is 0 Å². The third-order valence-corrected chi connectivity index (χ3v) is 6.01. The predicted octanol–water partition coefficient (Wildman–Crippen LogP) is 5.01. The van der Waals surface area contributed by atoms with E-state index in [1.165, 1.54) is 23.5 Å². The van der Waals surface area contributed by atoms with Gasteiger partial charge in [-0.05, 0) is 46.7 Å². The van der Waals surface area contributed by atoms with Gasteiger partial charge >= 0.3 is 6.03 Å². The highest BCUT2D eigenvalue weighted by molar-refractivity contribution is 7.89. The monoisotopic (exact) mass is 441 g/mol. The van der Waals surface area contributed by atoms with Gasteiger partial charge in [0.05, 0.1) is 26.3 Å². The normalized spacial score (nSPS) is 11.2. The third-order valence-electron chi connectivity index (χ3n) is 3.60. The molecule has 0 saturated heterocycles. The lowest BCUT2D eigenvalue weighted by molar-refractivity contribution is 0.262. The summed E-state index contributed by atoms with van der Waals surface area (Å²) in [6.45, 7) is 0. The van der Waals surface area contributed by atoms with Crippen LogP contribution in [0.2, 0.25) is 10.0 Å². The van der Waals surface area contributed by atoms with Crippen LogP contribution >= 0.6 is 34.5 Å². The molecule has 0 atom stereocenters. The predicted molar refractivity (Wildman–Crippen MR) is 110 cm³/mol. The molecule has 4 N–H and O–H groups in total. The quantitative estimate of drug-likeness (QED) is 0.529. The highest BCUT2D eigenvalue weighted by Gasteiger charge is 2.16. The van der Waals surface area contributed by atoms with Gasteiger partial charge in [-0.15, -0.1) is 0 Å². The van der Waals surface area contributed by atoms with Crippen LogP contribution in [0.25, 0.3) is 11.1 Å². The number of amides is 2. The maximum atomic E-state index is 12.4. The number of anilines is 2. The minimum atomic E-state index is -3.93. The van der Waals surface area contributed by atoms with Gasteiger partial charge in [-0.25, -0.2) is 18.4 Å². The first kappa shape index (κ1) is 19.7. The van der Waals surface area contributed by atoms with Crippen molar-refractivity contribution in [1.29, 1.82) is 0 Å². The van der Waals surface area contributed by atoms with Crippen molar-refractivity contribution in [3.05, 3.63) is 63.3 Å². The van der Waals surface area contributed by atoms with Gasteiger partial charge in [-0.1, -0.05) is 35.3 Å². The molecular weight excluding hydrogens is 429 g/mol. The smallest absolute Gasteiger partial charge is 0.307 e. The van der Waals surface area contributed by atoms with E-state index in [2.05, 4.69) is 10.6 Å².